The van der Waals surface area contributed by atoms with Crippen molar-refractivity contribution in [3.8, 4) is 0 Å². The van der Waals surface area contributed by atoms with Crippen molar-refractivity contribution in [3.05, 3.63) is 12.2 Å². The maximum Gasteiger partial charge on any atom is 0.106 e. The minimum Gasteiger partial charge on any atom is -0.383 e. The Morgan fingerprint density at radius 2 is 2.00 bits per heavy atom. The van der Waals surface area contributed by atoms with Crippen LogP contribution < -0.4 is 0 Å². The van der Waals surface area contributed by atoms with Crippen LogP contribution in [0.3, 0.4) is 0 Å². The zero-order chi connectivity index (χ0) is 9.24. The summed E-state index contributed by atoms with van der Waals surface area (Å²) in [6.45, 7) is 4.76. The van der Waals surface area contributed by atoms with E-state index in [-0.39, 0.29) is 5.41 Å². The van der Waals surface area contributed by atoms with Crippen molar-refractivity contribution in [2.75, 3.05) is 13.7 Å². The Morgan fingerprint density at radius 3 is 2.42 bits per heavy atom. The van der Waals surface area contributed by atoms with Crippen molar-refractivity contribution in [2.24, 2.45) is 5.41 Å². The van der Waals surface area contributed by atoms with E-state index in [2.05, 4.69) is 19.9 Å². The van der Waals surface area contributed by atoms with Gasteiger partial charge in [0.1, 0.15) is 5.60 Å². The van der Waals surface area contributed by atoms with Crippen LogP contribution in [-0.2, 0) is 4.74 Å². The Kier molecular flexibility index (Phi) is 2.59. The normalized spacial score (nSPS) is 33.7. The summed E-state index contributed by atoms with van der Waals surface area (Å²) < 4.78 is 4.95. The first-order valence-corrected chi connectivity index (χ1v) is 4.39. The molecule has 1 aliphatic carbocycles. The van der Waals surface area contributed by atoms with Gasteiger partial charge < -0.3 is 9.84 Å². The highest BCUT2D eigenvalue weighted by atomic mass is 16.5. The van der Waals surface area contributed by atoms with E-state index in [4.69, 9.17) is 4.74 Å². The summed E-state index contributed by atoms with van der Waals surface area (Å²) in [6, 6.07) is 0. The number of hydrogen-bond acceptors (Lipinski definition) is 2. The summed E-state index contributed by atoms with van der Waals surface area (Å²) in [7, 11) is 1.62. The number of rotatable bonds is 2. The zero-order valence-electron chi connectivity index (χ0n) is 8.13. The molecule has 0 bridgehead atoms. The molecule has 0 aromatic rings. The van der Waals surface area contributed by atoms with Gasteiger partial charge in [-0.1, -0.05) is 26.0 Å². The van der Waals surface area contributed by atoms with Gasteiger partial charge in [0.15, 0.2) is 0 Å². The minimum absolute atomic E-state index is 0.236. The second-order valence-corrected chi connectivity index (χ2v) is 4.36. The Morgan fingerprint density at radius 1 is 1.33 bits per heavy atom. The third kappa shape index (κ3) is 2.32. The molecule has 0 aromatic carbocycles. The van der Waals surface area contributed by atoms with E-state index in [9.17, 15) is 5.11 Å². The lowest BCUT2D eigenvalue weighted by atomic mass is 9.77. The standard InChI is InChI=1S/C10H18O2/c1-9(2)4-6-10(11,7-5-9)8-12-3/h4,6,11H,5,7-8H2,1-3H3. The highest BCUT2D eigenvalue weighted by Crippen LogP contribution is 2.34. The number of methoxy groups -OCH3 is 1. The lowest BCUT2D eigenvalue weighted by Crippen LogP contribution is -2.36. The van der Waals surface area contributed by atoms with Crippen LogP contribution in [0.4, 0.5) is 0 Å². The molecular formula is C10H18O2. The van der Waals surface area contributed by atoms with Gasteiger partial charge in [0.05, 0.1) is 6.61 Å². The molecule has 1 rings (SSSR count). The quantitative estimate of drug-likeness (QED) is 0.640. The first-order valence-electron chi connectivity index (χ1n) is 4.39. The van der Waals surface area contributed by atoms with Crippen molar-refractivity contribution in [3.63, 3.8) is 0 Å². The maximum atomic E-state index is 9.89. The van der Waals surface area contributed by atoms with E-state index < -0.39 is 5.60 Å². The number of hydrogen-bond donors (Lipinski definition) is 1. The molecule has 2 nitrogen and oxygen atoms in total. The largest absolute Gasteiger partial charge is 0.383 e. The van der Waals surface area contributed by atoms with Gasteiger partial charge in [-0.05, 0) is 18.3 Å². The summed E-state index contributed by atoms with van der Waals surface area (Å²) in [4.78, 5) is 0. The summed E-state index contributed by atoms with van der Waals surface area (Å²) in [5.41, 5.74) is -0.482. The number of allylic oxidation sites excluding steroid dienone is 1. The van der Waals surface area contributed by atoms with Crippen molar-refractivity contribution in [1.82, 2.24) is 0 Å². The predicted molar refractivity (Wildman–Crippen MR) is 49.0 cm³/mol. The van der Waals surface area contributed by atoms with Gasteiger partial charge in [0.2, 0.25) is 0 Å². The molecule has 0 spiro atoms. The topological polar surface area (TPSA) is 29.5 Å². The fourth-order valence-corrected chi connectivity index (χ4v) is 1.46. The SMILES string of the molecule is COCC1(O)C=CC(C)(C)CC1. The van der Waals surface area contributed by atoms with E-state index in [0.29, 0.717) is 6.61 Å². The third-order valence-electron chi connectivity index (χ3n) is 2.44. The second-order valence-electron chi connectivity index (χ2n) is 4.36. The molecule has 0 fully saturated rings. The van der Waals surface area contributed by atoms with Crippen molar-refractivity contribution >= 4 is 0 Å². The van der Waals surface area contributed by atoms with Gasteiger partial charge in [-0.2, -0.15) is 0 Å². The number of aliphatic hydroxyl groups is 1. The van der Waals surface area contributed by atoms with Crippen molar-refractivity contribution < 1.29 is 9.84 Å². The molecule has 1 unspecified atom stereocenters. The van der Waals surface area contributed by atoms with Gasteiger partial charge in [0.25, 0.3) is 0 Å². The lowest BCUT2D eigenvalue weighted by molar-refractivity contribution is -0.0116. The van der Waals surface area contributed by atoms with Crippen LogP contribution >= 0.6 is 0 Å². The van der Waals surface area contributed by atoms with Crippen molar-refractivity contribution in [1.29, 1.82) is 0 Å². The molecule has 0 heterocycles. The molecule has 0 saturated carbocycles. The van der Waals surface area contributed by atoms with Crippen LogP contribution in [0.5, 0.6) is 0 Å². The average molecular weight is 170 g/mol. The molecule has 2 heteroatoms. The van der Waals surface area contributed by atoms with Gasteiger partial charge in [-0.3, -0.25) is 0 Å². The zero-order valence-corrected chi connectivity index (χ0v) is 8.13. The van der Waals surface area contributed by atoms with Crippen LogP contribution in [0.2, 0.25) is 0 Å². The molecule has 0 amide bonds. The second kappa shape index (κ2) is 3.19. The Balaban J connectivity index is 2.63. The summed E-state index contributed by atoms with van der Waals surface area (Å²) in [6.07, 6.45) is 5.77. The summed E-state index contributed by atoms with van der Waals surface area (Å²) >= 11 is 0. The molecule has 1 atom stereocenters. The minimum atomic E-state index is -0.718. The molecule has 0 radical (unpaired) electrons. The van der Waals surface area contributed by atoms with Crippen LogP contribution in [0.1, 0.15) is 26.7 Å². The van der Waals surface area contributed by atoms with Gasteiger partial charge in [-0.15, -0.1) is 0 Å². The van der Waals surface area contributed by atoms with Crippen molar-refractivity contribution in [2.45, 2.75) is 32.3 Å². The van der Waals surface area contributed by atoms with E-state index >= 15 is 0 Å². The highest BCUT2D eigenvalue weighted by molar-refractivity contribution is 5.11. The fraction of sp³-hybridized carbons (Fsp3) is 0.800. The van der Waals surface area contributed by atoms with Crippen LogP contribution in [0.25, 0.3) is 0 Å². The average Bonchev–Trinajstić information content (AvgIpc) is 1.98. The van der Waals surface area contributed by atoms with E-state index in [1.807, 2.05) is 6.08 Å². The third-order valence-corrected chi connectivity index (χ3v) is 2.44. The fourth-order valence-electron chi connectivity index (χ4n) is 1.46. The molecular weight excluding hydrogens is 152 g/mol. The molecule has 0 saturated heterocycles. The van der Waals surface area contributed by atoms with E-state index in [0.717, 1.165) is 12.8 Å². The van der Waals surface area contributed by atoms with E-state index in [1.54, 1.807) is 7.11 Å². The summed E-state index contributed by atoms with van der Waals surface area (Å²) in [5, 5.41) is 9.89. The predicted octanol–water partition coefficient (Wildman–Crippen LogP) is 1.74. The van der Waals surface area contributed by atoms with Crippen LogP contribution in [0.15, 0.2) is 12.2 Å². The Bertz CT molecular complexity index is 184. The Hall–Kier alpha value is -0.340. The molecule has 1 N–H and O–H groups in total. The highest BCUT2D eigenvalue weighted by Gasteiger charge is 2.31. The molecule has 12 heavy (non-hydrogen) atoms. The van der Waals surface area contributed by atoms with Crippen LogP contribution in [0, 0.1) is 5.41 Å². The summed E-state index contributed by atoms with van der Waals surface area (Å²) in [5.74, 6) is 0. The smallest absolute Gasteiger partial charge is 0.106 e. The first kappa shape index (κ1) is 9.75. The van der Waals surface area contributed by atoms with Gasteiger partial charge >= 0.3 is 0 Å². The maximum absolute atomic E-state index is 9.89. The molecule has 0 aliphatic heterocycles. The monoisotopic (exact) mass is 170 g/mol. The first-order chi connectivity index (χ1) is 5.47. The number of ether oxygens (including phenoxy) is 1. The molecule has 1 aliphatic rings. The van der Waals surface area contributed by atoms with Gasteiger partial charge in [0, 0.05) is 7.11 Å². The molecule has 70 valence electrons. The van der Waals surface area contributed by atoms with E-state index in [1.165, 1.54) is 0 Å². The Labute approximate surface area is 74.2 Å². The van der Waals surface area contributed by atoms with Gasteiger partial charge in [-0.25, -0.2) is 0 Å². The lowest BCUT2D eigenvalue weighted by Gasteiger charge is -2.34. The van der Waals surface area contributed by atoms with Crippen LogP contribution in [-0.4, -0.2) is 24.4 Å². The molecule has 0 aromatic heterocycles.